The number of rotatable bonds is 5. The number of aryl methyl sites for hydroxylation is 1. The van der Waals surface area contributed by atoms with E-state index >= 15 is 0 Å². The van der Waals surface area contributed by atoms with Crippen molar-refractivity contribution in [3.8, 4) is 11.5 Å². The molecule has 2 heterocycles. The van der Waals surface area contributed by atoms with Gasteiger partial charge in [0, 0.05) is 24.8 Å². The third-order valence-electron chi connectivity index (χ3n) is 3.52. The maximum Gasteiger partial charge on any atom is 0.315 e. The quantitative estimate of drug-likeness (QED) is 0.745. The Morgan fingerprint density at radius 1 is 1.12 bits per heavy atom. The number of benzene rings is 1. The van der Waals surface area contributed by atoms with Gasteiger partial charge in [0.2, 0.25) is 0 Å². The number of carbonyl (C=O) groups excluding carboxylic acids is 1. The summed E-state index contributed by atoms with van der Waals surface area (Å²) < 4.78 is 7.45. The molecular weight excluding hydrogens is 328 g/mol. The number of nitrogens with zero attached hydrogens (tertiary/aromatic N) is 2. The van der Waals surface area contributed by atoms with Gasteiger partial charge in [0.25, 0.3) is 0 Å². The lowest BCUT2D eigenvalue weighted by molar-refractivity contribution is 0.239. The molecule has 0 fully saturated rings. The zero-order valence-electron chi connectivity index (χ0n) is 13.1. The van der Waals surface area contributed by atoms with Crippen molar-refractivity contribution in [3.63, 3.8) is 0 Å². The Hall–Kier alpha value is -2.73. The maximum atomic E-state index is 11.8. The summed E-state index contributed by atoms with van der Waals surface area (Å²) in [6, 6.07) is 12.6. The smallest absolute Gasteiger partial charge is 0.315 e. The van der Waals surface area contributed by atoms with Gasteiger partial charge in [-0.1, -0.05) is 23.7 Å². The van der Waals surface area contributed by atoms with Crippen molar-refractivity contribution in [2.45, 2.75) is 13.1 Å². The van der Waals surface area contributed by atoms with E-state index in [-0.39, 0.29) is 6.03 Å². The Balaban J connectivity index is 1.49. The van der Waals surface area contributed by atoms with E-state index in [4.69, 9.17) is 16.0 Å². The SMILES string of the molecule is Cn1nccc1-c1ccc(CNC(=O)NCc2ccc(Cl)cc2)o1. The van der Waals surface area contributed by atoms with Crippen LogP contribution in [0.2, 0.25) is 5.02 Å². The Labute approximate surface area is 144 Å². The number of hydrogen-bond donors (Lipinski definition) is 2. The first-order valence-corrected chi connectivity index (χ1v) is 7.83. The van der Waals surface area contributed by atoms with Crippen molar-refractivity contribution in [1.29, 1.82) is 0 Å². The van der Waals surface area contributed by atoms with Gasteiger partial charge in [0.1, 0.15) is 11.5 Å². The molecule has 3 rings (SSSR count). The van der Waals surface area contributed by atoms with Crippen molar-refractivity contribution < 1.29 is 9.21 Å². The van der Waals surface area contributed by atoms with E-state index in [0.717, 1.165) is 11.3 Å². The van der Waals surface area contributed by atoms with Crippen LogP contribution < -0.4 is 10.6 Å². The Bertz CT molecular complexity index is 823. The number of aromatic nitrogens is 2. The summed E-state index contributed by atoms with van der Waals surface area (Å²) in [5.41, 5.74) is 1.86. The van der Waals surface area contributed by atoms with Gasteiger partial charge in [-0.05, 0) is 35.9 Å². The van der Waals surface area contributed by atoms with Crippen molar-refractivity contribution >= 4 is 17.6 Å². The van der Waals surface area contributed by atoms with Crippen LogP contribution in [-0.4, -0.2) is 15.8 Å². The summed E-state index contributed by atoms with van der Waals surface area (Å²) in [6.07, 6.45) is 1.71. The van der Waals surface area contributed by atoms with E-state index in [9.17, 15) is 4.79 Å². The number of carbonyl (C=O) groups is 1. The van der Waals surface area contributed by atoms with Crippen molar-refractivity contribution in [3.05, 3.63) is 65.0 Å². The topological polar surface area (TPSA) is 72.1 Å². The second-order valence-electron chi connectivity index (χ2n) is 5.27. The Morgan fingerprint density at radius 3 is 2.58 bits per heavy atom. The summed E-state index contributed by atoms with van der Waals surface area (Å²) in [7, 11) is 1.85. The highest BCUT2D eigenvalue weighted by Crippen LogP contribution is 2.21. The molecule has 0 aliphatic rings. The molecule has 2 aromatic heterocycles. The van der Waals surface area contributed by atoms with Gasteiger partial charge in [-0.15, -0.1) is 0 Å². The molecular formula is C17H17ClN4O2. The molecule has 0 radical (unpaired) electrons. The second-order valence-corrected chi connectivity index (χ2v) is 5.71. The number of furan rings is 1. The minimum atomic E-state index is -0.261. The molecule has 0 aliphatic carbocycles. The van der Waals surface area contributed by atoms with Crippen LogP contribution in [0.4, 0.5) is 4.79 Å². The fourth-order valence-corrected chi connectivity index (χ4v) is 2.37. The molecule has 0 spiro atoms. The zero-order chi connectivity index (χ0) is 16.9. The van der Waals surface area contributed by atoms with Gasteiger partial charge in [-0.2, -0.15) is 5.10 Å². The highest BCUT2D eigenvalue weighted by molar-refractivity contribution is 6.30. The normalized spacial score (nSPS) is 10.6. The lowest BCUT2D eigenvalue weighted by atomic mass is 10.2. The summed E-state index contributed by atoms with van der Waals surface area (Å²) in [4.78, 5) is 11.8. The van der Waals surface area contributed by atoms with E-state index in [2.05, 4.69) is 15.7 Å². The Kier molecular flexibility index (Phi) is 4.86. The van der Waals surface area contributed by atoms with E-state index in [1.165, 1.54) is 0 Å². The first-order chi connectivity index (χ1) is 11.6. The molecule has 6 nitrogen and oxygen atoms in total. The molecule has 124 valence electrons. The third-order valence-corrected chi connectivity index (χ3v) is 3.78. The van der Waals surface area contributed by atoms with Crippen LogP contribution in [-0.2, 0) is 20.1 Å². The molecule has 1 aromatic carbocycles. The van der Waals surface area contributed by atoms with Gasteiger partial charge in [0.15, 0.2) is 5.76 Å². The predicted molar refractivity (Wildman–Crippen MR) is 91.4 cm³/mol. The highest BCUT2D eigenvalue weighted by Gasteiger charge is 2.09. The Morgan fingerprint density at radius 2 is 1.88 bits per heavy atom. The third kappa shape index (κ3) is 3.97. The molecule has 0 saturated heterocycles. The van der Waals surface area contributed by atoms with E-state index < -0.39 is 0 Å². The van der Waals surface area contributed by atoms with Gasteiger partial charge in [0.05, 0.1) is 6.54 Å². The largest absolute Gasteiger partial charge is 0.458 e. The van der Waals surface area contributed by atoms with Crippen LogP contribution in [0.15, 0.2) is 53.1 Å². The van der Waals surface area contributed by atoms with Gasteiger partial charge in [-0.25, -0.2) is 4.79 Å². The predicted octanol–water partition coefficient (Wildman–Crippen LogP) is 3.33. The molecule has 0 unspecified atom stereocenters. The average Bonchev–Trinajstić information content (AvgIpc) is 3.21. The van der Waals surface area contributed by atoms with Gasteiger partial charge in [-0.3, -0.25) is 4.68 Å². The lowest BCUT2D eigenvalue weighted by Gasteiger charge is -2.06. The van der Waals surface area contributed by atoms with Gasteiger partial charge < -0.3 is 15.1 Å². The van der Waals surface area contributed by atoms with Crippen LogP contribution in [0.25, 0.3) is 11.5 Å². The molecule has 2 amide bonds. The van der Waals surface area contributed by atoms with Crippen LogP contribution in [0, 0.1) is 0 Å². The van der Waals surface area contributed by atoms with Gasteiger partial charge >= 0.3 is 6.03 Å². The average molecular weight is 345 g/mol. The molecule has 7 heteroatoms. The minimum absolute atomic E-state index is 0.261. The maximum absolute atomic E-state index is 11.8. The summed E-state index contributed by atoms with van der Waals surface area (Å²) in [5, 5.41) is 10.3. The fraction of sp³-hybridized carbons (Fsp3) is 0.176. The number of halogens is 1. The summed E-state index contributed by atoms with van der Waals surface area (Å²) in [5.74, 6) is 1.39. The number of amides is 2. The number of hydrogen-bond acceptors (Lipinski definition) is 3. The van der Waals surface area contributed by atoms with E-state index in [1.807, 2.05) is 37.4 Å². The molecule has 0 bridgehead atoms. The summed E-state index contributed by atoms with van der Waals surface area (Å²) in [6.45, 7) is 0.742. The standard InChI is InChI=1S/C17H17ClN4O2/c1-22-15(8-9-21-22)16-7-6-14(24-16)11-20-17(23)19-10-12-2-4-13(18)5-3-12/h2-9H,10-11H2,1H3,(H2,19,20,23). The molecule has 0 atom stereocenters. The van der Waals surface area contributed by atoms with Crippen LogP contribution in [0.1, 0.15) is 11.3 Å². The lowest BCUT2D eigenvalue weighted by Crippen LogP contribution is -2.34. The molecule has 0 aliphatic heterocycles. The van der Waals surface area contributed by atoms with E-state index in [0.29, 0.717) is 29.6 Å². The zero-order valence-corrected chi connectivity index (χ0v) is 13.9. The van der Waals surface area contributed by atoms with E-state index in [1.54, 1.807) is 23.0 Å². The monoisotopic (exact) mass is 344 g/mol. The van der Waals surface area contributed by atoms with Crippen molar-refractivity contribution in [2.75, 3.05) is 0 Å². The number of nitrogens with one attached hydrogen (secondary N) is 2. The highest BCUT2D eigenvalue weighted by atomic mass is 35.5. The molecule has 0 saturated carbocycles. The van der Waals surface area contributed by atoms with Crippen LogP contribution in [0.3, 0.4) is 0 Å². The first kappa shape index (κ1) is 16.1. The van der Waals surface area contributed by atoms with Crippen LogP contribution >= 0.6 is 11.6 Å². The number of urea groups is 1. The second kappa shape index (κ2) is 7.23. The first-order valence-electron chi connectivity index (χ1n) is 7.45. The summed E-state index contributed by atoms with van der Waals surface area (Å²) >= 11 is 5.83. The molecule has 24 heavy (non-hydrogen) atoms. The van der Waals surface area contributed by atoms with Crippen LogP contribution in [0.5, 0.6) is 0 Å². The molecule has 2 N–H and O–H groups in total. The van der Waals surface area contributed by atoms with Crippen molar-refractivity contribution in [1.82, 2.24) is 20.4 Å². The van der Waals surface area contributed by atoms with Crippen molar-refractivity contribution in [2.24, 2.45) is 7.05 Å². The molecule has 3 aromatic rings. The minimum Gasteiger partial charge on any atom is -0.458 e. The fourth-order valence-electron chi connectivity index (χ4n) is 2.24.